The number of nitrogens with one attached hydrogen (secondary N) is 1. The van der Waals surface area contributed by atoms with Gasteiger partial charge in [0.05, 0.1) is 23.7 Å². The molecule has 0 aliphatic carbocycles. The molecular weight excluding hydrogens is 476 g/mol. The maximum absolute atomic E-state index is 13.4. The largest absolute Gasteiger partial charge is 0.492 e. The van der Waals surface area contributed by atoms with Crippen molar-refractivity contribution >= 4 is 33.2 Å². The van der Waals surface area contributed by atoms with E-state index in [-0.39, 0.29) is 24.6 Å². The fraction of sp³-hybridized carbons (Fsp3) is 0.240. The number of anilines is 1. The van der Waals surface area contributed by atoms with Crippen molar-refractivity contribution in [2.24, 2.45) is 0 Å². The summed E-state index contributed by atoms with van der Waals surface area (Å²) in [5.41, 5.74) is 2.56. The first-order valence-electron chi connectivity index (χ1n) is 10.8. The van der Waals surface area contributed by atoms with Gasteiger partial charge in [-0.05, 0) is 73.5 Å². The molecule has 1 atom stereocenters. The van der Waals surface area contributed by atoms with Crippen molar-refractivity contribution in [2.45, 2.75) is 24.8 Å². The molecule has 1 unspecified atom stereocenters. The molecule has 0 bridgehead atoms. The molecule has 0 spiro atoms. The van der Waals surface area contributed by atoms with Crippen LogP contribution in [0.25, 0.3) is 0 Å². The standard InChI is InChI=1S/C25H25ClN2O5S/c1-17-13-18(2)15-20(14-17)32-12-11-27-25(29)24-16-28(22-5-3-4-6-23(22)33-24)34(30,31)21-9-7-19(26)8-10-21/h3-10,13-15,24H,11-12,16H2,1-2H3,(H,27,29). The van der Waals surface area contributed by atoms with Crippen LogP contribution in [0.4, 0.5) is 5.69 Å². The van der Waals surface area contributed by atoms with Crippen LogP contribution < -0.4 is 19.1 Å². The molecular formula is C25H25ClN2O5S. The Labute approximate surface area is 204 Å². The zero-order valence-electron chi connectivity index (χ0n) is 18.8. The number of amides is 1. The fourth-order valence-electron chi connectivity index (χ4n) is 3.77. The Bertz CT molecular complexity index is 1270. The van der Waals surface area contributed by atoms with E-state index < -0.39 is 22.0 Å². The highest BCUT2D eigenvalue weighted by atomic mass is 35.5. The Hall–Kier alpha value is -3.23. The lowest BCUT2D eigenvalue weighted by molar-refractivity contribution is -0.127. The van der Waals surface area contributed by atoms with Gasteiger partial charge in [-0.15, -0.1) is 0 Å². The van der Waals surface area contributed by atoms with Gasteiger partial charge in [0.25, 0.3) is 15.9 Å². The molecule has 1 N–H and O–H groups in total. The van der Waals surface area contributed by atoms with E-state index in [0.717, 1.165) is 16.9 Å². The Morgan fingerprint density at radius 1 is 1.09 bits per heavy atom. The highest BCUT2D eigenvalue weighted by Gasteiger charge is 2.37. The minimum absolute atomic E-state index is 0.0783. The average molecular weight is 501 g/mol. The number of benzene rings is 3. The molecule has 0 radical (unpaired) electrons. The van der Waals surface area contributed by atoms with Crippen LogP contribution in [-0.2, 0) is 14.8 Å². The van der Waals surface area contributed by atoms with Crippen LogP contribution in [-0.4, -0.2) is 40.1 Å². The van der Waals surface area contributed by atoms with Crippen molar-refractivity contribution in [1.82, 2.24) is 5.32 Å². The van der Waals surface area contributed by atoms with Gasteiger partial charge >= 0.3 is 0 Å². The van der Waals surface area contributed by atoms with Crippen molar-refractivity contribution in [1.29, 1.82) is 0 Å². The molecule has 1 aliphatic rings. The van der Waals surface area contributed by atoms with Crippen LogP contribution in [0.1, 0.15) is 11.1 Å². The molecule has 0 fully saturated rings. The monoisotopic (exact) mass is 500 g/mol. The maximum Gasteiger partial charge on any atom is 0.264 e. The molecule has 1 amide bonds. The predicted molar refractivity (Wildman–Crippen MR) is 131 cm³/mol. The van der Waals surface area contributed by atoms with Gasteiger partial charge in [0.15, 0.2) is 6.10 Å². The Balaban J connectivity index is 1.45. The van der Waals surface area contributed by atoms with E-state index in [2.05, 4.69) is 11.4 Å². The molecule has 3 aromatic carbocycles. The average Bonchev–Trinajstić information content (AvgIpc) is 2.80. The molecule has 4 rings (SSSR count). The minimum Gasteiger partial charge on any atom is -0.492 e. The van der Waals surface area contributed by atoms with Crippen LogP contribution >= 0.6 is 11.6 Å². The number of hydrogen-bond acceptors (Lipinski definition) is 5. The molecule has 9 heteroatoms. The van der Waals surface area contributed by atoms with E-state index in [1.807, 2.05) is 26.0 Å². The molecule has 1 heterocycles. The zero-order chi connectivity index (χ0) is 24.3. The fourth-order valence-corrected chi connectivity index (χ4v) is 5.38. The SMILES string of the molecule is Cc1cc(C)cc(OCCNC(=O)C2CN(S(=O)(=O)c3ccc(Cl)cc3)c3ccccc3O2)c1. The zero-order valence-corrected chi connectivity index (χ0v) is 20.4. The number of aryl methyl sites for hydroxylation is 2. The summed E-state index contributed by atoms with van der Waals surface area (Å²) in [6.07, 6.45) is -1.02. The second kappa shape index (κ2) is 9.95. The van der Waals surface area contributed by atoms with Crippen molar-refractivity contribution in [3.63, 3.8) is 0 Å². The molecule has 0 saturated carbocycles. The summed E-state index contributed by atoms with van der Waals surface area (Å²) in [5, 5.41) is 3.21. The van der Waals surface area contributed by atoms with Gasteiger partial charge in [-0.2, -0.15) is 0 Å². The smallest absolute Gasteiger partial charge is 0.264 e. The van der Waals surface area contributed by atoms with E-state index in [4.69, 9.17) is 21.1 Å². The van der Waals surface area contributed by atoms with Crippen LogP contribution in [0.5, 0.6) is 11.5 Å². The van der Waals surface area contributed by atoms with Crippen molar-refractivity contribution in [3.8, 4) is 11.5 Å². The summed E-state index contributed by atoms with van der Waals surface area (Å²) in [7, 11) is -3.94. The Morgan fingerprint density at radius 2 is 1.76 bits per heavy atom. The van der Waals surface area contributed by atoms with Gasteiger partial charge in [0, 0.05) is 5.02 Å². The van der Waals surface area contributed by atoms with Crippen LogP contribution in [0.3, 0.4) is 0 Å². The minimum atomic E-state index is -3.94. The van der Waals surface area contributed by atoms with E-state index in [1.54, 1.807) is 24.3 Å². The quantitative estimate of drug-likeness (QED) is 0.493. The summed E-state index contributed by atoms with van der Waals surface area (Å²) in [5.74, 6) is 0.627. The first-order valence-corrected chi connectivity index (χ1v) is 12.6. The third-order valence-corrected chi connectivity index (χ3v) is 7.34. The van der Waals surface area contributed by atoms with Gasteiger partial charge in [-0.25, -0.2) is 8.42 Å². The lowest BCUT2D eigenvalue weighted by Gasteiger charge is -2.34. The predicted octanol–water partition coefficient (Wildman–Crippen LogP) is 4.11. The Morgan fingerprint density at radius 3 is 2.47 bits per heavy atom. The third kappa shape index (κ3) is 5.29. The molecule has 7 nitrogen and oxygen atoms in total. The number of para-hydroxylation sites is 2. The highest BCUT2D eigenvalue weighted by molar-refractivity contribution is 7.92. The summed E-state index contributed by atoms with van der Waals surface area (Å²) >= 11 is 5.92. The molecule has 178 valence electrons. The normalized spacial score (nSPS) is 15.3. The summed E-state index contributed by atoms with van der Waals surface area (Å²) in [6.45, 7) is 4.33. The molecule has 1 aliphatic heterocycles. The summed E-state index contributed by atoms with van der Waals surface area (Å²) in [6, 6.07) is 18.5. The number of sulfonamides is 1. The first-order chi connectivity index (χ1) is 16.2. The van der Waals surface area contributed by atoms with Gasteiger partial charge in [0.2, 0.25) is 0 Å². The lowest BCUT2D eigenvalue weighted by Crippen LogP contribution is -2.51. The van der Waals surface area contributed by atoms with E-state index in [1.165, 1.54) is 28.6 Å². The summed E-state index contributed by atoms with van der Waals surface area (Å²) < 4.78 is 39.5. The van der Waals surface area contributed by atoms with Gasteiger partial charge in [-0.3, -0.25) is 9.10 Å². The van der Waals surface area contributed by atoms with Crippen LogP contribution in [0.2, 0.25) is 5.02 Å². The first kappa shape index (κ1) is 23.9. The van der Waals surface area contributed by atoms with Gasteiger partial charge < -0.3 is 14.8 Å². The number of hydrogen-bond donors (Lipinski definition) is 1. The van der Waals surface area contributed by atoms with Crippen molar-refractivity contribution in [3.05, 3.63) is 82.9 Å². The maximum atomic E-state index is 13.4. The number of rotatable bonds is 7. The van der Waals surface area contributed by atoms with Crippen molar-refractivity contribution in [2.75, 3.05) is 24.0 Å². The van der Waals surface area contributed by atoms with E-state index in [0.29, 0.717) is 16.5 Å². The van der Waals surface area contributed by atoms with Gasteiger partial charge in [-0.1, -0.05) is 29.8 Å². The number of nitrogens with zero attached hydrogens (tertiary/aromatic N) is 1. The second-order valence-electron chi connectivity index (χ2n) is 8.03. The topological polar surface area (TPSA) is 84.9 Å². The highest BCUT2D eigenvalue weighted by Crippen LogP contribution is 2.36. The number of carbonyl (C=O) groups is 1. The van der Waals surface area contributed by atoms with Crippen molar-refractivity contribution < 1.29 is 22.7 Å². The van der Waals surface area contributed by atoms with E-state index in [9.17, 15) is 13.2 Å². The molecule has 3 aromatic rings. The van der Waals surface area contributed by atoms with Crippen LogP contribution in [0, 0.1) is 13.8 Å². The number of carbonyl (C=O) groups excluding carboxylic acids is 1. The van der Waals surface area contributed by atoms with E-state index >= 15 is 0 Å². The number of ether oxygens (including phenoxy) is 2. The molecule has 0 aromatic heterocycles. The number of halogens is 1. The van der Waals surface area contributed by atoms with Crippen LogP contribution in [0.15, 0.2) is 71.6 Å². The lowest BCUT2D eigenvalue weighted by atomic mass is 10.1. The Kier molecular flexibility index (Phi) is 7.00. The third-order valence-electron chi connectivity index (χ3n) is 5.29. The molecule has 34 heavy (non-hydrogen) atoms. The number of fused-ring (bicyclic) bond motifs is 1. The molecule has 0 saturated heterocycles. The summed E-state index contributed by atoms with van der Waals surface area (Å²) in [4.78, 5) is 12.9. The van der Waals surface area contributed by atoms with Gasteiger partial charge in [0.1, 0.15) is 18.1 Å². The second-order valence-corrected chi connectivity index (χ2v) is 10.3.